The lowest BCUT2D eigenvalue weighted by Gasteiger charge is -2.11. The van der Waals surface area contributed by atoms with Crippen LogP contribution in [0.3, 0.4) is 0 Å². The number of aryl methyl sites for hydroxylation is 4. The molecular formula is C25H26N2O4. The van der Waals surface area contributed by atoms with Gasteiger partial charge in [0, 0.05) is 16.9 Å². The van der Waals surface area contributed by atoms with E-state index < -0.39 is 17.7 Å². The number of H-pyrrole nitrogens is 1. The summed E-state index contributed by atoms with van der Waals surface area (Å²) in [7, 11) is 0. The molecule has 0 aliphatic heterocycles. The second-order valence-corrected chi connectivity index (χ2v) is 7.51. The van der Waals surface area contributed by atoms with E-state index in [1.165, 1.54) is 0 Å². The Morgan fingerprint density at radius 1 is 0.935 bits per heavy atom. The molecule has 31 heavy (non-hydrogen) atoms. The number of hydrogen-bond donors (Lipinski definition) is 2. The summed E-state index contributed by atoms with van der Waals surface area (Å²) >= 11 is 0. The van der Waals surface area contributed by atoms with Gasteiger partial charge in [0.25, 0.3) is 11.7 Å². The molecular weight excluding hydrogens is 392 g/mol. The van der Waals surface area contributed by atoms with Gasteiger partial charge in [-0.25, -0.2) is 4.79 Å². The molecule has 0 spiro atoms. The largest absolute Gasteiger partial charge is 0.462 e. The molecule has 0 aliphatic rings. The molecule has 0 aliphatic carbocycles. The Morgan fingerprint density at radius 3 is 2.13 bits per heavy atom. The molecule has 0 fully saturated rings. The monoisotopic (exact) mass is 418 g/mol. The molecule has 1 heterocycles. The third-order valence-corrected chi connectivity index (χ3v) is 5.16. The van der Waals surface area contributed by atoms with Gasteiger partial charge in [-0.1, -0.05) is 48.0 Å². The first kappa shape index (κ1) is 22.0. The molecule has 0 radical (unpaired) electrons. The normalized spacial score (nSPS) is 10.6. The van der Waals surface area contributed by atoms with Crippen molar-refractivity contribution in [2.45, 2.75) is 34.6 Å². The number of ether oxygens (including phenoxy) is 1. The number of aromatic nitrogens is 1. The maximum absolute atomic E-state index is 13.2. The molecule has 1 amide bonds. The number of benzene rings is 2. The van der Waals surface area contributed by atoms with Crippen LogP contribution in [0.2, 0.25) is 0 Å². The van der Waals surface area contributed by atoms with Gasteiger partial charge in [0.1, 0.15) is 5.69 Å². The van der Waals surface area contributed by atoms with E-state index in [4.69, 9.17) is 4.74 Å². The van der Waals surface area contributed by atoms with Crippen LogP contribution in [0.1, 0.15) is 50.2 Å². The SMILES string of the molecule is CCOC(=O)c1c(C)[nH]c(C(=O)C(=O)Nc2c(C)cccc2C)c1-c1ccc(C)cc1. The van der Waals surface area contributed by atoms with E-state index in [1.54, 1.807) is 13.8 Å². The molecule has 2 aromatic carbocycles. The van der Waals surface area contributed by atoms with Crippen LogP contribution in [0.15, 0.2) is 42.5 Å². The lowest BCUT2D eigenvalue weighted by molar-refractivity contribution is -0.112. The van der Waals surface area contributed by atoms with Gasteiger partial charge < -0.3 is 15.0 Å². The van der Waals surface area contributed by atoms with Gasteiger partial charge in [-0.05, 0) is 51.3 Å². The zero-order chi connectivity index (χ0) is 22.7. The van der Waals surface area contributed by atoms with E-state index >= 15 is 0 Å². The molecule has 3 rings (SSSR count). The van der Waals surface area contributed by atoms with Gasteiger partial charge in [0.15, 0.2) is 0 Å². The number of amides is 1. The van der Waals surface area contributed by atoms with Gasteiger partial charge in [0.2, 0.25) is 0 Å². The molecule has 0 atom stereocenters. The Kier molecular flexibility index (Phi) is 6.39. The van der Waals surface area contributed by atoms with Crippen molar-refractivity contribution in [2.75, 3.05) is 11.9 Å². The second-order valence-electron chi connectivity index (χ2n) is 7.51. The van der Waals surface area contributed by atoms with E-state index in [0.717, 1.165) is 16.7 Å². The maximum atomic E-state index is 13.2. The van der Waals surface area contributed by atoms with Crippen molar-refractivity contribution < 1.29 is 19.1 Å². The highest BCUT2D eigenvalue weighted by molar-refractivity contribution is 6.47. The van der Waals surface area contributed by atoms with Gasteiger partial charge in [-0.3, -0.25) is 9.59 Å². The number of anilines is 1. The van der Waals surface area contributed by atoms with E-state index in [0.29, 0.717) is 22.5 Å². The topological polar surface area (TPSA) is 88.3 Å². The summed E-state index contributed by atoms with van der Waals surface area (Å²) in [6.45, 7) is 9.28. The Hall–Kier alpha value is -3.67. The Bertz CT molecular complexity index is 1140. The predicted octanol–water partition coefficient (Wildman–Crippen LogP) is 4.91. The number of esters is 1. The smallest absolute Gasteiger partial charge is 0.340 e. The average molecular weight is 418 g/mol. The molecule has 0 saturated heterocycles. The number of ketones is 1. The molecule has 0 bridgehead atoms. The summed E-state index contributed by atoms with van der Waals surface area (Å²) in [5.41, 5.74) is 5.17. The van der Waals surface area contributed by atoms with Crippen LogP contribution in [0, 0.1) is 27.7 Å². The summed E-state index contributed by atoms with van der Waals surface area (Å²) in [5.74, 6) is -2.07. The molecule has 0 unspecified atom stereocenters. The Labute approximate surface area is 181 Å². The second kappa shape index (κ2) is 9.00. The molecule has 3 aromatic rings. The summed E-state index contributed by atoms with van der Waals surface area (Å²) < 4.78 is 5.20. The summed E-state index contributed by atoms with van der Waals surface area (Å²) in [4.78, 5) is 41.7. The molecule has 0 saturated carbocycles. The zero-order valence-electron chi connectivity index (χ0n) is 18.4. The van der Waals surface area contributed by atoms with Gasteiger partial charge in [-0.15, -0.1) is 0 Å². The number of carbonyl (C=O) groups excluding carboxylic acids is 3. The van der Waals surface area contributed by atoms with Crippen molar-refractivity contribution in [2.24, 2.45) is 0 Å². The minimum Gasteiger partial charge on any atom is -0.462 e. The van der Waals surface area contributed by atoms with Crippen LogP contribution in [0.4, 0.5) is 5.69 Å². The van der Waals surface area contributed by atoms with Crippen LogP contribution in [0.25, 0.3) is 11.1 Å². The number of nitrogens with one attached hydrogen (secondary N) is 2. The summed E-state index contributed by atoms with van der Waals surface area (Å²) in [5, 5.41) is 2.72. The van der Waals surface area contributed by atoms with Crippen molar-refractivity contribution in [1.29, 1.82) is 0 Å². The molecule has 6 heteroatoms. The number of rotatable bonds is 6. The van der Waals surface area contributed by atoms with Crippen LogP contribution in [0.5, 0.6) is 0 Å². The van der Waals surface area contributed by atoms with Gasteiger partial charge in [0.05, 0.1) is 12.2 Å². The van der Waals surface area contributed by atoms with Crippen LogP contribution < -0.4 is 5.32 Å². The standard InChI is InChI=1S/C25H26N2O4/c1-6-31-25(30)19-17(5)26-22(20(19)18-12-10-14(2)11-13-18)23(28)24(29)27-21-15(3)8-7-9-16(21)4/h7-13,26H,6H2,1-5H3,(H,27,29). The third kappa shape index (κ3) is 4.43. The first-order chi connectivity index (χ1) is 14.7. The fraction of sp³-hybridized carbons (Fsp3) is 0.240. The number of para-hydroxylation sites is 1. The number of hydrogen-bond acceptors (Lipinski definition) is 4. The van der Waals surface area contributed by atoms with Crippen LogP contribution in [-0.4, -0.2) is 29.3 Å². The van der Waals surface area contributed by atoms with Crippen LogP contribution >= 0.6 is 0 Å². The minimum atomic E-state index is -0.776. The van der Waals surface area contributed by atoms with Crippen molar-refractivity contribution >= 4 is 23.3 Å². The Balaban J connectivity index is 2.08. The van der Waals surface area contributed by atoms with Gasteiger partial charge in [-0.2, -0.15) is 0 Å². The first-order valence-electron chi connectivity index (χ1n) is 10.1. The van der Waals surface area contributed by atoms with E-state index in [9.17, 15) is 14.4 Å². The average Bonchev–Trinajstić information content (AvgIpc) is 3.08. The highest BCUT2D eigenvalue weighted by atomic mass is 16.5. The molecule has 1 aromatic heterocycles. The maximum Gasteiger partial charge on any atom is 0.340 e. The number of aromatic amines is 1. The fourth-order valence-electron chi connectivity index (χ4n) is 3.56. The molecule has 160 valence electrons. The number of carbonyl (C=O) groups is 3. The zero-order valence-corrected chi connectivity index (χ0v) is 18.4. The summed E-state index contributed by atoms with van der Waals surface area (Å²) in [6, 6.07) is 13.0. The van der Waals surface area contributed by atoms with Gasteiger partial charge >= 0.3 is 5.97 Å². The fourth-order valence-corrected chi connectivity index (χ4v) is 3.56. The Morgan fingerprint density at radius 2 is 1.55 bits per heavy atom. The summed E-state index contributed by atoms with van der Waals surface area (Å²) in [6.07, 6.45) is 0. The highest BCUT2D eigenvalue weighted by Crippen LogP contribution is 2.32. The quantitative estimate of drug-likeness (QED) is 0.338. The highest BCUT2D eigenvalue weighted by Gasteiger charge is 2.30. The lowest BCUT2D eigenvalue weighted by Crippen LogP contribution is -2.24. The predicted molar refractivity (Wildman–Crippen MR) is 121 cm³/mol. The third-order valence-electron chi connectivity index (χ3n) is 5.16. The first-order valence-corrected chi connectivity index (χ1v) is 10.1. The van der Waals surface area contributed by atoms with Crippen molar-refractivity contribution in [3.8, 4) is 11.1 Å². The van der Waals surface area contributed by atoms with Crippen LogP contribution in [-0.2, 0) is 9.53 Å². The van der Waals surface area contributed by atoms with Crippen molar-refractivity contribution in [1.82, 2.24) is 4.98 Å². The molecule has 6 nitrogen and oxygen atoms in total. The van der Waals surface area contributed by atoms with E-state index in [1.807, 2.05) is 63.2 Å². The van der Waals surface area contributed by atoms with E-state index in [-0.39, 0.29) is 17.9 Å². The molecule has 2 N–H and O–H groups in total. The van der Waals surface area contributed by atoms with Crippen molar-refractivity contribution in [3.05, 3.63) is 76.1 Å². The minimum absolute atomic E-state index is 0.0631. The lowest BCUT2D eigenvalue weighted by atomic mass is 9.97. The van der Waals surface area contributed by atoms with Crippen molar-refractivity contribution in [3.63, 3.8) is 0 Å². The number of Topliss-reactive ketones (excluding diaryl/α,β-unsaturated/α-hetero) is 1. The van der Waals surface area contributed by atoms with E-state index in [2.05, 4.69) is 10.3 Å².